The summed E-state index contributed by atoms with van der Waals surface area (Å²) in [4.78, 5) is 15.5. The van der Waals surface area contributed by atoms with Crippen LogP contribution in [0.15, 0.2) is 60.8 Å². The number of hydrogen-bond acceptors (Lipinski definition) is 3. The maximum absolute atomic E-state index is 15.4. The summed E-state index contributed by atoms with van der Waals surface area (Å²) in [7, 11) is 1.85. The number of carbonyl (C=O) groups excluding carboxylic acids is 1. The molecule has 1 amide bonds. The van der Waals surface area contributed by atoms with E-state index in [0.717, 1.165) is 30.2 Å². The molecule has 2 saturated heterocycles. The number of rotatable bonds is 3. The molecule has 2 aliphatic rings. The fourth-order valence-corrected chi connectivity index (χ4v) is 5.92. The summed E-state index contributed by atoms with van der Waals surface area (Å²) in [5, 5.41) is 10.0. The summed E-state index contributed by atoms with van der Waals surface area (Å²) in [6.45, 7) is 0. The van der Waals surface area contributed by atoms with Crippen LogP contribution in [0, 0.1) is 23.0 Å². The van der Waals surface area contributed by atoms with Gasteiger partial charge in [0.25, 0.3) is 5.91 Å². The zero-order valence-electron chi connectivity index (χ0n) is 19.7. The van der Waals surface area contributed by atoms with Crippen LogP contribution in [-0.2, 0) is 7.05 Å². The van der Waals surface area contributed by atoms with Gasteiger partial charge in [0, 0.05) is 47.9 Å². The Kier molecular flexibility index (Phi) is 5.16. The molecule has 7 heteroatoms. The van der Waals surface area contributed by atoms with Crippen molar-refractivity contribution >= 4 is 16.8 Å². The molecule has 3 heterocycles. The Morgan fingerprint density at radius 3 is 2.53 bits per heavy atom. The molecule has 2 aliphatic heterocycles. The maximum Gasteiger partial charge on any atom is 0.254 e. The Labute approximate surface area is 207 Å². The second-order valence-corrected chi connectivity index (χ2v) is 9.79. The Morgan fingerprint density at radius 1 is 1.00 bits per heavy atom. The Balaban J connectivity index is 1.51. The highest BCUT2D eigenvalue weighted by Gasteiger charge is 2.47. The van der Waals surface area contributed by atoms with E-state index in [9.17, 15) is 9.18 Å². The molecule has 0 radical (unpaired) electrons. The molecule has 36 heavy (non-hydrogen) atoms. The first kappa shape index (κ1) is 22.4. The number of aromatic nitrogens is 1. The quantitative estimate of drug-likeness (QED) is 0.427. The van der Waals surface area contributed by atoms with Gasteiger partial charge in [0.1, 0.15) is 17.7 Å². The normalized spacial score (nSPS) is 20.8. The minimum Gasteiger partial charge on any atom is -0.350 e. The standard InChI is InChI=1S/C29H24F2N4O/c1-34-9-8-17-10-23(25(31)14-28(17)34)21-6-4-18(29(36)35-20-5-7-27(35)26(33)13-20)11-22(21)16-2-3-19(15-32)24(30)12-16/h2-4,6,8-12,14,20,26-27H,5,7,13,33H2,1H3/t20-,26+,27+/m1/s1. The molecule has 0 aliphatic carbocycles. The average Bonchev–Trinajstić information content (AvgIpc) is 3.55. The molecule has 0 saturated carbocycles. The van der Waals surface area contributed by atoms with E-state index in [1.165, 1.54) is 18.2 Å². The summed E-state index contributed by atoms with van der Waals surface area (Å²) in [5.74, 6) is -1.20. The van der Waals surface area contributed by atoms with Crippen LogP contribution in [0.4, 0.5) is 8.78 Å². The predicted octanol–water partition coefficient (Wildman–Crippen LogP) is 5.37. The van der Waals surface area contributed by atoms with Gasteiger partial charge in [-0.1, -0.05) is 12.1 Å². The minimum atomic E-state index is -0.666. The first-order valence-corrected chi connectivity index (χ1v) is 12.0. The van der Waals surface area contributed by atoms with E-state index >= 15 is 4.39 Å². The van der Waals surface area contributed by atoms with Gasteiger partial charge in [-0.3, -0.25) is 4.79 Å². The first-order chi connectivity index (χ1) is 17.4. The van der Waals surface area contributed by atoms with Gasteiger partial charge < -0.3 is 15.2 Å². The van der Waals surface area contributed by atoms with Gasteiger partial charge in [0.2, 0.25) is 0 Å². The summed E-state index contributed by atoms with van der Waals surface area (Å²) < 4.78 is 31.9. The second-order valence-electron chi connectivity index (χ2n) is 9.79. The lowest BCUT2D eigenvalue weighted by molar-refractivity contribution is 0.0726. The van der Waals surface area contributed by atoms with Crippen LogP contribution in [0.1, 0.15) is 35.2 Å². The molecule has 3 atom stereocenters. The smallest absolute Gasteiger partial charge is 0.254 e. The van der Waals surface area contributed by atoms with Gasteiger partial charge in [-0.25, -0.2) is 8.78 Å². The van der Waals surface area contributed by atoms with E-state index in [1.807, 2.05) is 34.8 Å². The van der Waals surface area contributed by atoms with Crippen molar-refractivity contribution in [2.75, 3.05) is 0 Å². The van der Waals surface area contributed by atoms with Gasteiger partial charge >= 0.3 is 0 Å². The topological polar surface area (TPSA) is 75.1 Å². The average molecular weight is 483 g/mol. The zero-order valence-corrected chi connectivity index (χ0v) is 19.7. The van der Waals surface area contributed by atoms with Gasteiger partial charge in [-0.2, -0.15) is 5.26 Å². The first-order valence-electron chi connectivity index (χ1n) is 12.0. The maximum atomic E-state index is 15.4. The third kappa shape index (κ3) is 3.41. The van der Waals surface area contributed by atoms with Gasteiger partial charge in [-0.05, 0) is 78.4 Å². The van der Waals surface area contributed by atoms with E-state index in [-0.39, 0.29) is 29.6 Å². The molecule has 0 unspecified atom stereocenters. The van der Waals surface area contributed by atoms with Crippen molar-refractivity contribution in [3.05, 3.63) is 83.6 Å². The highest BCUT2D eigenvalue weighted by atomic mass is 19.1. The number of nitrogens with two attached hydrogens (primary N) is 1. The van der Waals surface area contributed by atoms with E-state index in [2.05, 4.69) is 0 Å². The molecular weight excluding hydrogens is 458 g/mol. The van der Waals surface area contributed by atoms with E-state index in [4.69, 9.17) is 11.0 Å². The fraction of sp³-hybridized carbons (Fsp3) is 0.241. The molecule has 2 bridgehead atoms. The molecular formula is C29H24F2N4O. The molecule has 1 aromatic heterocycles. The lowest BCUT2D eigenvalue weighted by Crippen LogP contribution is -2.40. The number of fused-ring (bicyclic) bond motifs is 3. The third-order valence-corrected chi connectivity index (χ3v) is 7.75. The molecule has 180 valence electrons. The number of nitriles is 1. The molecule has 3 aromatic carbocycles. The molecule has 6 rings (SSSR count). The van der Waals surface area contributed by atoms with Gasteiger partial charge in [0.15, 0.2) is 0 Å². The zero-order chi connectivity index (χ0) is 25.1. The van der Waals surface area contributed by atoms with Crippen LogP contribution in [-0.4, -0.2) is 33.5 Å². The predicted molar refractivity (Wildman–Crippen MR) is 134 cm³/mol. The highest BCUT2D eigenvalue weighted by Crippen LogP contribution is 2.40. The second kappa shape index (κ2) is 8.28. The Hall–Kier alpha value is -4.02. The van der Waals surface area contributed by atoms with E-state index in [0.29, 0.717) is 27.8 Å². The molecule has 2 fully saturated rings. The number of halogens is 2. The van der Waals surface area contributed by atoms with Crippen molar-refractivity contribution in [3.63, 3.8) is 0 Å². The third-order valence-electron chi connectivity index (χ3n) is 7.75. The van der Waals surface area contributed by atoms with Crippen LogP contribution < -0.4 is 5.73 Å². The molecule has 4 aromatic rings. The summed E-state index contributed by atoms with van der Waals surface area (Å²) in [5.41, 5.74) is 9.27. The molecule has 0 spiro atoms. The Bertz CT molecular complexity index is 1580. The van der Waals surface area contributed by atoms with Gasteiger partial charge in [0.05, 0.1) is 11.1 Å². The summed E-state index contributed by atoms with van der Waals surface area (Å²) in [6.07, 6.45) is 4.50. The van der Waals surface area contributed by atoms with Crippen molar-refractivity contribution in [3.8, 4) is 28.3 Å². The SMILES string of the molecule is Cn1ccc2cc(-c3ccc(C(=O)N4[C@@H]5CC[C@H]4[C@@H](N)C5)cc3-c3ccc(C#N)c(F)c3)c(F)cc21. The van der Waals surface area contributed by atoms with Crippen LogP contribution >= 0.6 is 0 Å². The van der Waals surface area contributed by atoms with Crippen molar-refractivity contribution < 1.29 is 13.6 Å². The lowest BCUT2D eigenvalue weighted by Gasteiger charge is -2.24. The highest BCUT2D eigenvalue weighted by molar-refractivity contribution is 5.99. The fourth-order valence-electron chi connectivity index (χ4n) is 5.92. The number of carbonyl (C=O) groups is 1. The van der Waals surface area contributed by atoms with Crippen molar-refractivity contribution in [1.29, 1.82) is 5.26 Å². The van der Waals surface area contributed by atoms with Crippen molar-refractivity contribution in [1.82, 2.24) is 9.47 Å². The van der Waals surface area contributed by atoms with E-state index in [1.54, 1.807) is 30.3 Å². The van der Waals surface area contributed by atoms with Crippen LogP contribution in [0.5, 0.6) is 0 Å². The molecule has 2 N–H and O–H groups in total. The largest absolute Gasteiger partial charge is 0.350 e. The van der Waals surface area contributed by atoms with Crippen LogP contribution in [0.2, 0.25) is 0 Å². The molecule has 5 nitrogen and oxygen atoms in total. The van der Waals surface area contributed by atoms with Crippen LogP contribution in [0.3, 0.4) is 0 Å². The summed E-state index contributed by atoms with van der Waals surface area (Å²) in [6, 6.07) is 16.6. The number of aryl methyl sites for hydroxylation is 1. The Morgan fingerprint density at radius 2 is 1.83 bits per heavy atom. The van der Waals surface area contributed by atoms with Crippen molar-refractivity contribution in [2.45, 2.75) is 37.4 Å². The number of nitrogens with zero attached hydrogens (tertiary/aromatic N) is 3. The van der Waals surface area contributed by atoms with Crippen LogP contribution in [0.25, 0.3) is 33.2 Å². The van der Waals surface area contributed by atoms with E-state index < -0.39 is 11.6 Å². The number of hydrogen-bond donors (Lipinski definition) is 1. The number of benzene rings is 3. The monoisotopic (exact) mass is 482 g/mol. The van der Waals surface area contributed by atoms with Gasteiger partial charge in [-0.15, -0.1) is 0 Å². The minimum absolute atomic E-state index is 0.0224. The summed E-state index contributed by atoms with van der Waals surface area (Å²) >= 11 is 0. The van der Waals surface area contributed by atoms with Crippen molar-refractivity contribution in [2.24, 2.45) is 12.8 Å². The number of amides is 1. The lowest BCUT2D eigenvalue weighted by atomic mass is 9.91.